The maximum Gasteiger partial charge on any atom is 0.222 e. The lowest BCUT2D eigenvalue weighted by Gasteiger charge is -2.04. The number of aliphatic hydroxyl groups excluding tert-OH is 1. The topological polar surface area (TPSA) is 58.6 Å². The van der Waals surface area contributed by atoms with E-state index in [1.807, 2.05) is 0 Å². The highest BCUT2D eigenvalue weighted by molar-refractivity contribution is 7.99. The molecule has 0 fully saturated rings. The van der Waals surface area contributed by atoms with E-state index in [0.29, 0.717) is 19.6 Å². The molecule has 14 heavy (non-hydrogen) atoms. The van der Waals surface area contributed by atoms with E-state index in [9.17, 15) is 4.79 Å². The molecule has 0 aromatic carbocycles. The van der Waals surface area contributed by atoms with Crippen molar-refractivity contribution in [3.8, 4) is 0 Å². The molecule has 0 rings (SSSR count). The summed E-state index contributed by atoms with van der Waals surface area (Å²) in [7, 11) is 1.58. The number of methoxy groups -OCH3 is 1. The highest BCUT2D eigenvalue weighted by atomic mass is 32.2. The SMILES string of the molecule is COCCC(=O)NCCSCCCO. The molecule has 4 nitrogen and oxygen atoms in total. The number of hydrogen-bond donors (Lipinski definition) is 2. The minimum atomic E-state index is 0.0367. The maximum absolute atomic E-state index is 11.1. The quantitative estimate of drug-likeness (QED) is 0.548. The molecule has 84 valence electrons. The third-order valence-electron chi connectivity index (χ3n) is 1.55. The molecule has 0 bridgehead atoms. The third kappa shape index (κ3) is 9.83. The van der Waals surface area contributed by atoms with Crippen molar-refractivity contribution in [2.75, 3.05) is 38.4 Å². The van der Waals surface area contributed by atoms with Crippen LogP contribution in [-0.2, 0) is 9.53 Å². The Hall–Kier alpha value is -0.260. The Morgan fingerprint density at radius 3 is 2.93 bits per heavy atom. The fraction of sp³-hybridized carbons (Fsp3) is 0.889. The van der Waals surface area contributed by atoms with Gasteiger partial charge in [0.1, 0.15) is 0 Å². The van der Waals surface area contributed by atoms with Gasteiger partial charge in [0.15, 0.2) is 0 Å². The monoisotopic (exact) mass is 221 g/mol. The van der Waals surface area contributed by atoms with Gasteiger partial charge in [0.25, 0.3) is 0 Å². The summed E-state index contributed by atoms with van der Waals surface area (Å²) in [5, 5.41) is 11.3. The van der Waals surface area contributed by atoms with Crippen molar-refractivity contribution in [1.29, 1.82) is 0 Å². The molecule has 0 aliphatic heterocycles. The molecule has 0 aromatic heterocycles. The molecule has 0 saturated carbocycles. The lowest BCUT2D eigenvalue weighted by Crippen LogP contribution is -2.26. The van der Waals surface area contributed by atoms with Crippen LogP contribution >= 0.6 is 11.8 Å². The van der Waals surface area contributed by atoms with Gasteiger partial charge in [-0.2, -0.15) is 11.8 Å². The zero-order valence-electron chi connectivity index (χ0n) is 8.62. The molecule has 0 aliphatic rings. The van der Waals surface area contributed by atoms with Crippen molar-refractivity contribution in [2.24, 2.45) is 0 Å². The normalized spacial score (nSPS) is 10.1. The Labute approximate surface area is 89.4 Å². The van der Waals surface area contributed by atoms with Crippen molar-refractivity contribution in [2.45, 2.75) is 12.8 Å². The van der Waals surface area contributed by atoms with Crippen LogP contribution < -0.4 is 5.32 Å². The van der Waals surface area contributed by atoms with Crippen molar-refractivity contribution in [3.05, 3.63) is 0 Å². The average Bonchev–Trinajstić information content (AvgIpc) is 2.20. The molecule has 0 spiro atoms. The molecule has 0 heterocycles. The molecule has 0 aliphatic carbocycles. The standard InChI is InChI=1S/C9H19NO3S/c1-13-6-3-9(12)10-4-8-14-7-2-5-11/h11H,2-8H2,1H3,(H,10,12). The summed E-state index contributed by atoms with van der Waals surface area (Å²) in [6.45, 7) is 1.41. The van der Waals surface area contributed by atoms with Gasteiger partial charge in [-0.25, -0.2) is 0 Å². The predicted molar refractivity (Wildman–Crippen MR) is 58.5 cm³/mol. The second-order valence-corrected chi connectivity index (χ2v) is 4.01. The zero-order valence-corrected chi connectivity index (χ0v) is 9.44. The fourth-order valence-electron chi connectivity index (χ4n) is 0.814. The van der Waals surface area contributed by atoms with Gasteiger partial charge in [-0.15, -0.1) is 0 Å². The number of amides is 1. The van der Waals surface area contributed by atoms with Gasteiger partial charge in [-0.3, -0.25) is 4.79 Å². The van der Waals surface area contributed by atoms with E-state index < -0.39 is 0 Å². The molecule has 0 aromatic rings. The second-order valence-electron chi connectivity index (χ2n) is 2.78. The van der Waals surface area contributed by atoms with Gasteiger partial charge >= 0.3 is 0 Å². The summed E-state index contributed by atoms with van der Waals surface area (Å²) in [6, 6.07) is 0. The summed E-state index contributed by atoms with van der Waals surface area (Å²) in [5.41, 5.74) is 0. The van der Waals surface area contributed by atoms with Crippen molar-refractivity contribution in [1.82, 2.24) is 5.32 Å². The molecule has 0 atom stereocenters. The zero-order chi connectivity index (χ0) is 10.6. The molecule has 0 unspecified atom stereocenters. The molecule has 0 radical (unpaired) electrons. The lowest BCUT2D eigenvalue weighted by molar-refractivity contribution is -0.121. The van der Waals surface area contributed by atoms with Gasteiger partial charge < -0.3 is 15.2 Å². The molecule has 1 amide bonds. The Morgan fingerprint density at radius 2 is 2.29 bits per heavy atom. The first-order valence-corrected chi connectivity index (χ1v) is 5.91. The Morgan fingerprint density at radius 1 is 1.50 bits per heavy atom. The molecule has 0 saturated heterocycles. The number of ether oxygens (including phenoxy) is 1. The molecular weight excluding hydrogens is 202 g/mol. The van der Waals surface area contributed by atoms with E-state index in [4.69, 9.17) is 9.84 Å². The van der Waals surface area contributed by atoms with Crippen LogP contribution in [0.4, 0.5) is 0 Å². The minimum absolute atomic E-state index is 0.0367. The summed E-state index contributed by atoms with van der Waals surface area (Å²) in [6.07, 6.45) is 1.25. The van der Waals surface area contributed by atoms with Gasteiger partial charge in [0.2, 0.25) is 5.91 Å². The number of nitrogens with one attached hydrogen (secondary N) is 1. The fourth-order valence-corrected chi connectivity index (χ4v) is 1.60. The number of thioether (sulfide) groups is 1. The minimum Gasteiger partial charge on any atom is -0.396 e. The van der Waals surface area contributed by atoms with E-state index in [1.54, 1.807) is 18.9 Å². The summed E-state index contributed by atoms with van der Waals surface area (Å²) in [5.74, 6) is 1.89. The van der Waals surface area contributed by atoms with Crippen LogP contribution in [0.5, 0.6) is 0 Å². The van der Waals surface area contributed by atoms with Crippen LogP contribution in [0.2, 0.25) is 0 Å². The first-order chi connectivity index (χ1) is 6.81. The molecule has 5 heteroatoms. The first-order valence-electron chi connectivity index (χ1n) is 4.75. The van der Waals surface area contributed by atoms with Crippen molar-refractivity contribution in [3.63, 3.8) is 0 Å². The largest absolute Gasteiger partial charge is 0.396 e. The summed E-state index contributed by atoms with van der Waals surface area (Å²) in [4.78, 5) is 11.1. The number of rotatable bonds is 9. The van der Waals surface area contributed by atoms with E-state index >= 15 is 0 Å². The van der Waals surface area contributed by atoms with Crippen LogP contribution in [0.3, 0.4) is 0 Å². The van der Waals surface area contributed by atoms with Crippen LogP contribution in [-0.4, -0.2) is 49.4 Å². The average molecular weight is 221 g/mol. The van der Waals surface area contributed by atoms with E-state index in [1.165, 1.54) is 0 Å². The van der Waals surface area contributed by atoms with Gasteiger partial charge in [-0.1, -0.05) is 0 Å². The van der Waals surface area contributed by atoms with Crippen LogP contribution in [0, 0.1) is 0 Å². The molecular formula is C9H19NO3S. The Kier molecular flexibility index (Phi) is 10.6. The molecule has 2 N–H and O–H groups in total. The highest BCUT2D eigenvalue weighted by Crippen LogP contribution is 1.99. The lowest BCUT2D eigenvalue weighted by atomic mass is 10.4. The summed E-state index contributed by atoms with van der Waals surface area (Å²) >= 11 is 1.74. The van der Waals surface area contributed by atoms with Gasteiger partial charge in [0.05, 0.1) is 6.61 Å². The van der Waals surface area contributed by atoms with Gasteiger partial charge in [0, 0.05) is 32.4 Å². The van der Waals surface area contributed by atoms with E-state index in [0.717, 1.165) is 17.9 Å². The second kappa shape index (κ2) is 10.8. The van der Waals surface area contributed by atoms with E-state index in [2.05, 4.69) is 5.32 Å². The Balaban J connectivity index is 3.07. The van der Waals surface area contributed by atoms with E-state index in [-0.39, 0.29) is 12.5 Å². The third-order valence-corrected chi connectivity index (χ3v) is 2.62. The first kappa shape index (κ1) is 13.7. The van der Waals surface area contributed by atoms with Crippen LogP contribution in [0.1, 0.15) is 12.8 Å². The van der Waals surface area contributed by atoms with Crippen LogP contribution in [0.15, 0.2) is 0 Å². The Bertz CT molecular complexity index is 144. The maximum atomic E-state index is 11.1. The number of aliphatic hydroxyl groups is 1. The van der Waals surface area contributed by atoms with Crippen molar-refractivity contribution >= 4 is 17.7 Å². The number of hydrogen-bond acceptors (Lipinski definition) is 4. The predicted octanol–water partition coefficient (Wildman–Crippen LogP) is 0.255. The number of carbonyl (C=O) groups excluding carboxylic acids is 1. The van der Waals surface area contributed by atoms with Crippen LogP contribution in [0.25, 0.3) is 0 Å². The van der Waals surface area contributed by atoms with Crippen molar-refractivity contribution < 1.29 is 14.6 Å². The summed E-state index contributed by atoms with van der Waals surface area (Å²) < 4.78 is 4.78. The smallest absolute Gasteiger partial charge is 0.222 e. The van der Waals surface area contributed by atoms with Gasteiger partial charge in [-0.05, 0) is 12.2 Å². The highest BCUT2D eigenvalue weighted by Gasteiger charge is 1.98. The number of carbonyl (C=O) groups is 1.